The molecule has 0 aromatic carbocycles. The van der Waals surface area contributed by atoms with Crippen molar-refractivity contribution < 1.29 is 44.5 Å². The summed E-state index contributed by atoms with van der Waals surface area (Å²) in [4.78, 5) is 51.4. The van der Waals surface area contributed by atoms with Gasteiger partial charge in [-0.15, -0.1) is 0 Å². The first kappa shape index (κ1) is 27.9. The van der Waals surface area contributed by atoms with Crippen molar-refractivity contribution in [2.24, 2.45) is 0 Å². The van der Waals surface area contributed by atoms with Gasteiger partial charge in [0.05, 0.1) is 0 Å². The van der Waals surface area contributed by atoms with Crippen molar-refractivity contribution in [3.05, 3.63) is 30.3 Å². The average Bonchev–Trinajstić information content (AvgIpc) is 2.12. The zero-order valence-electron chi connectivity index (χ0n) is 10.4. The normalized spacial score (nSPS) is 8.45. The molecule has 0 aromatic rings. The maximum absolute atomic E-state index is 10.0. The number of hydrogen-bond acceptors (Lipinski definition) is 9. The molecule has 0 amide bonds. The molecule has 122 valence electrons. The molecule has 0 saturated carbocycles. The minimum absolute atomic E-state index is 0. The second-order valence-corrected chi connectivity index (χ2v) is 2.75. The Hall–Kier alpha value is -2.39. The van der Waals surface area contributed by atoms with E-state index in [1.807, 2.05) is 0 Å². The molecule has 22 heavy (non-hydrogen) atoms. The van der Waals surface area contributed by atoms with Crippen LogP contribution in [0.3, 0.4) is 0 Å². The summed E-state index contributed by atoms with van der Waals surface area (Å²) >= 11 is 0. The average molecular weight is 339 g/mol. The van der Waals surface area contributed by atoms with Gasteiger partial charge in [-0.3, -0.25) is 39.9 Å². The molecule has 16 heteroatoms. The first-order chi connectivity index (χ1) is 9.24. The Morgan fingerprint density at radius 2 is 0.909 bits per heavy atom. The third kappa shape index (κ3) is 10.4. The number of nitrogens with zero attached hydrogens (tertiary/aromatic N) is 3. The van der Waals surface area contributed by atoms with Crippen LogP contribution in [-0.4, -0.2) is 83.3 Å². The van der Waals surface area contributed by atoms with Crippen LogP contribution in [0.4, 0.5) is 0 Å². The van der Waals surface area contributed by atoms with Crippen LogP contribution in [0.15, 0.2) is 0 Å². The molecule has 0 saturated heterocycles. The standard InChI is InChI=1S/C2HN3O8.2C2H4O2.Na.H/c6-1(7)2(3(8)9,4(10)11)5(12)13;2*1-2(3)4;;/h(H,6,7);2*1H3,(H,3,4);;. The van der Waals surface area contributed by atoms with Crippen molar-refractivity contribution in [3.8, 4) is 0 Å². The van der Waals surface area contributed by atoms with Crippen LogP contribution >= 0.6 is 0 Å². The minimum atomic E-state index is -4.42. The van der Waals surface area contributed by atoms with E-state index in [1.165, 1.54) is 0 Å². The van der Waals surface area contributed by atoms with E-state index in [9.17, 15) is 35.1 Å². The Morgan fingerprint density at radius 1 is 0.773 bits per heavy atom. The molecular formula is C6H10N3NaO12. The van der Waals surface area contributed by atoms with Gasteiger partial charge in [0, 0.05) is 13.8 Å². The fourth-order valence-corrected chi connectivity index (χ4v) is 0.434. The van der Waals surface area contributed by atoms with Gasteiger partial charge in [-0.25, -0.2) is 4.79 Å². The van der Waals surface area contributed by atoms with E-state index >= 15 is 0 Å². The molecule has 0 fully saturated rings. The van der Waals surface area contributed by atoms with Crippen LogP contribution < -0.4 is 0 Å². The van der Waals surface area contributed by atoms with Gasteiger partial charge in [0.1, 0.15) is 0 Å². The summed E-state index contributed by atoms with van der Waals surface area (Å²) in [5.74, 6) is -8.84. The molecular weight excluding hydrogens is 329 g/mol. The molecule has 0 aliphatic rings. The molecule has 0 aliphatic heterocycles. The van der Waals surface area contributed by atoms with Crippen LogP contribution in [0, 0.1) is 30.3 Å². The number of nitro groups is 3. The van der Waals surface area contributed by atoms with Gasteiger partial charge >= 0.3 is 41.3 Å². The van der Waals surface area contributed by atoms with E-state index in [-0.39, 0.29) is 29.6 Å². The molecule has 0 spiro atoms. The zero-order valence-corrected chi connectivity index (χ0v) is 10.4. The van der Waals surface area contributed by atoms with Crippen molar-refractivity contribution in [2.45, 2.75) is 19.6 Å². The zero-order chi connectivity index (χ0) is 18.0. The van der Waals surface area contributed by atoms with E-state index in [0.717, 1.165) is 13.8 Å². The molecule has 0 rings (SSSR count). The van der Waals surface area contributed by atoms with Gasteiger partial charge in [-0.05, 0) is 0 Å². The molecule has 3 N–H and O–H groups in total. The Kier molecular flexibility index (Phi) is 15.7. The Balaban J connectivity index is -0.000000150. The summed E-state index contributed by atoms with van der Waals surface area (Å²) in [6.45, 7) is 2.17. The summed E-state index contributed by atoms with van der Waals surface area (Å²) in [6, 6.07) is 0. The van der Waals surface area contributed by atoms with Gasteiger partial charge in [0.2, 0.25) is 0 Å². The van der Waals surface area contributed by atoms with Crippen LogP contribution in [0.2, 0.25) is 0 Å². The van der Waals surface area contributed by atoms with E-state index in [0.29, 0.717) is 0 Å². The molecule has 0 unspecified atom stereocenters. The van der Waals surface area contributed by atoms with Crippen LogP contribution in [0.25, 0.3) is 0 Å². The third-order valence-electron chi connectivity index (χ3n) is 1.05. The number of carboxylic acids is 3. The predicted octanol–water partition coefficient (Wildman–Crippen LogP) is -1.91. The molecule has 0 bridgehead atoms. The summed E-state index contributed by atoms with van der Waals surface area (Å²) in [6.07, 6.45) is 0. The number of rotatable bonds is 4. The van der Waals surface area contributed by atoms with Gasteiger partial charge in [-0.2, -0.15) is 0 Å². The van der Waals surface area contributed by atoms with E-state index in [2.05, 4.69) is 0 Å². The molecule has 0 aromatic heterocycles. The first-order valence-corrected chi connectivity index (χ1v) is 4.30. The number of hydrogen-bond donors (Lipinski definition) is 3. The Morgan fingerprint density at radius 3 is 0.909 bits per heavy atom. The first-order valence-electron chi connectivity index (χ1n) is 4.30. The molecule has 0 aliphatic carbocycles. The number of carbonyl (C=O) groups is 3. The van der Waals surface area contributed by atoms with Gasteiger partial charge < -0.3 is 15.3 Å². The molecule has 15 nitrogen and oxygen atoms in total. The van der Waals surface area contributed by atoms with Crippen molar-refractivity contribution >= 4 is 47.5 Å². The summed E-state index contributed by atoms with van der Waals surface area (Å²) in [5.41, 5.74) is 0. The van der Waals surface area contributed by atoms with Gasteiger partial charge in [-0.1, -0.05) is 0 Å². The molecule has 0 radical (unpaired) electrons. The van der Waals surface area contributed by atoms with Crippen LogP contribution in [-0.2, 0) is 14.4 Å². The fraction of sp³-hybridized carbons (Fsp3) is 0.500. The van der Waals surface area contributed by atoms with Crippen molar-refractivity contribution in [1.82, 2.24) is 0 Å². The molecule has 0 atom stereocenters. The summed E-state index contributed by atoms with van der Waals surface area (Å²) < 4.78 is 0. The third-order valence-corrected chi connectivity index (χ3v) is 1.05. The van der Waals surface area contributed by atoms with Gasteiger partial charge in [0.15, 0.2) is 14.8 Å². The molecule has 0 heterocycles. The van der Waals surface area contributed by atoms with Crippen LogP contribution in [0.1, 0.15) is 13.8 Å². The van der Waals surface area contributed by atoms with E-state index in [4.69, 9.17) is 24.9 Å². The van der Waals surface area contributed by atoms with E-state index in [1.54, 1.807) is 0 Å². The second kappa shape index (κ2) is 12.4. The number of carboxylic acid groups (broad SMARTS) is 3. The van der Waals surface area contributed by atoms with Crippen molar-refractivity contribution in [2.75, 3.05) is 0 Å². The summed E-state index contributed by atoms with van der Waals surface area (Å²) in [7, 11) is 0. The monoisotopic (exact) mass is 339 g/mol. The topological polar surface area (TPSA) is 241 Å². The second-order valence-electron chi connectivity index (χ2n) is 2.75. The Labute approximate surface area is 142 Å². The Bertz CT molecular complexity index is 380. The number of aliphatic carboxylic acids is 3. The quantitative estimate of drug-likeness (QED) is 0.220. The predicted molar refractivity (Wildman–Crippen MR) is 65.1 cm³/mol. The SMILES string of the molecule is CC(=O)O.CC(=O)O.O=C(O)C([N+](=O)[O-])([N+](=O)[O-])[N+](=O)[O-].[NaH]. The van der Waals surface area contributed by atoms with Crippen LogP contribution in [0.5, 0.6) is 0 Å². The fourth-order valence-electron chi connectivity index (χ4n) is 0.434. The summed E-state index contributed by atoms with van der Waals surface area (Å²) in [5, 5.41) is 52.5. The van der Waals surface area contributed by atoms with Gasteiger partial charge in [0.25, 0.3) is 11.9 Å². The van der Waals surface area contributed by atoms with E-state index < -0.39 is 38.5 Å². The maximum atomic E-state index is 10.0. The van der Waals surface area contributed by atoms with Crippen molar-refractivity contribution in [3.63, 3.8) is 0 Å². The van der Waals surface area contributed by atoms with Crippen molar-refractivity contribution in [1.29, 1.82) is 0 Å².